The summed E-state index contributed by atoms with van der Waals surface area (Å²) >= 11 is 1.64. The Balaban J connectivity index is 1.50. The molecule has 200 valence electrons. The second-order valence-electron chi connectivity index (χ2n) is 9.71. The van der Waals surface area contributed by atoms with Crippen LogP contribution < -0.4 is 10.2 Å². The highest BCUT2D eigenvalue weighted by Crippen LogP contribution is 2.30. The molecule has 1 fully saturated rings. The first-order chi connectivity index (χ1) is 18.5. The zero-order valence-corrected chi connectivity index (χ0v) is 23.0. The predicted molar refractivity (Wildman–Crippen MR) is 152 cm³/mol. The molecule has 0 unspecified atom stereocenters. The Morgan fingerprint density at radius 1 is 1.18 bits per heavy atom. The number of thiophene rings is 1. The van der Waals surface area contributed by atoms with Crippen LogP contribution in [0.1, 0.15) is 44.0 Å². The summed E-state index contributed by atoms with van der Waals surface area (Å²) < 4.78 is 1.74. The summed E-state index contributed by atoms with van der Waals surface area (Å²) in [6, 6.07) is 9.93. The summed E-state index contributed by atoms with van der Waals surface area (Å²) in [6.07, 6.45) is 4.72. The molecule has 9 nitrogen and oxygen atoms in total. The van der Waals surface area contributed by atoms with Gasteiger partial charge in [-0.15, -0.1) is 11.3 Å². The number of anilines is 1. The van der Waals surface area contributed by atoms with Gasteiger partial charge >= 0.3 is 0 Å². The Bertz CT molecular complexity index is 1380. The van der Waals surface area contributed by atoms with E-state index in [9.17, 15) is 9.90 Å². The molecule has 10 heteroatoms. The molecule has 1 aliphatic rings. The van der Waals surface area contributed by atoms with Crippen molar-refractivity contribution in [2.24, 2.45) is 0 Å². The van der Waals surface area contributed by atoms with Gasteiger partial charge in [-0.3, -0.25) is 9.69 Å². The maximum Gasteiger partial charge on any atom is 0.251 e. The van der Waals surface area contributed by atoms with E-state index in [1.807, 2.05) is 41.9 Å². The van der Waals surface area contributed by atoms with Gasteiger partial charge in [-0.05, 0) is 62.5 Å². The summed E-state index contributed by atoms with van der Waals surface area (Å²) in [5, 5.41) is 19.7. The summed E-state index contributed by atoms with van der Waals surface area (Å²) in [5.74, 6) is 0.597. The van der Waals surface area contributed by atoms with E-state index in [2.05, 4.69) is 41.0 Å². The normalized spacial score (nSPS) is 15.3. The maximum absolute atomic E-state index is 13.4. The number of hydrogen-bond acceptors (Lipinski definition) is 8. The summed E-state index contributed by atoms with van der Waals surface area (Å²) in [6.45, 7) is 10.2. The summed E-state index contributed by atoms with van der Waals surface area (Å²) in [4.78, 5) is 28.8. The lowest BCUT2D eigenvalue weighted by Gasteiger charge is -2.31. The number of likely N-dealkylation sites (N-methyl/N-ethyl adjacent to an activating group) is 1. The minimum atomic E-state index is -0.293. The quantitative estimate of drug-likeness (QED) is 0.336. The minimum Gasteiger partial charge on any atom is -0.393 e. The van der Waals surface area contributed by atoms with Crippen LogP contribution in [0.25, 0.3) is 27.5 Å². The molecule has 38 heavy (non-hydrogen) atoms. The van der Waals surface area contributed by atoms with E-state index < -0.39 is 0 Å². The van der Waals surface area contributed by atoms with Gasteiger partial charge < -0.3 is 15.3 Å². The van der Waals surface area contributed by atoms with Crippen LogP contribution in [-0.2, 0) is 0 Å². The molecule has 0 spiro atoms. The molecule has 0 bridgehead atoms. The second-order valence-corrected chi connectivity index (χ2v) is 10.7. The van der Waals surface area contributed by atoms with Crippen molar-refractivity contribution in [2.45, 2.75) is 45.8 Å². The van der Waals surface area contributed by atoms with Crippen molar-refractivity contribution >= 4 is 28.7 Å². The molecule has 0 radical (unpaired) electrons. The third-order valence-electron chi connectivity index (χ3n) is 7.27. The van der Waals surface area contributed by atoms with E-state index in [-0.39, 0.29) is 18.1 Å². The number of pyridine rings is 1. The van der Waals surface area contributed by atoms with Crippen LogP contribution in [0.15, 0.2) is 48.1 Å². The number of carbonyl (C=O) groups is 1. The van der Waals surface area contributed by atoms with E-state index >= 15 is 0 Å². The first-order valence-electron chi connectivity index (χ1n) is 13.3. The van der Waals surface area contributed by atoms with Crippen molar-refractivity contribution < 1.29 is 9.90 Å². The van der Waals surface area contributed by atoms with Gasteiger partial charge in [0, 0.05) is 37.4 Å². The van der Waals surface area contributed by atoms with Crippen molar-refractivity contribution in [1.29, 1.82) is 0 Å². The Hall–Kier alpha value is -3.34. The highest BCUT2D eigenvalue weighted by Gasteiger charge is 2.22. The number of aromatic nitrogens is 4. The predicted octanol–water partition coefficient (Wildman–Crippen LogP) is 3.94. The number of nitrogens with zero attached hydrogens (tertiary/aromatic N) is 6. The molecule has 0 aromatic carbocycles. The van der Waals surface area contributed by atoms with Gasteiger partial charge in [0.1, 0.15) is 5.82 Å². The molecule has 2 N–H and O–H groups in total. The monoisotopic (exact) mass is 533 g/mol. The van der Waals surface area contributed by atoms with E-state index in [0.717, 1.165) is 35.0 Å². The third-order valence-corrected chi connectivity index (χ3v) is 8.17. The SMILES string of the molecule is CCN(CC)[C@@H](C)CNC(=O)c1cc(-c2cnn3ccc(-c4cccs4)nc23)nc(N2CCC(O)CC2)c1. The highest BCUT2D eigenvalue weighted by atomic mass is 32.1. The lowest BCUT2D eigenvalue weighted by molar-refractivity contribution is 0.0937. The van der Waals surface area contributed by atoms with Gasteiger partial charge in [0.15, 0.2) is 5.65 Å². The van der Waals surface area contributed by atoms with Gasteiger partial charge in [-0.2, -0.15) is 5.10 Å². The topological polar surface area (TPSA) is 98.9 Å². The first kappa shape index (κ1) is 26.3. The highest BCUT2D eigenvalue weighted by molar-refractivity contribution is 7.13. The average molecular weight is 534 g/mol. The molecular weight excluding hydrogens is 498 g/mol. The van der Waals surface area contributed by atoms with Crippen LogP contribution in [0.3, 0.4) is 0 Å². The molecule has 1 atom stereocenters. The van der Waals surface area contributed by atoms with E-state index in [4.69, 9.17) is 9.97 Å². The number of fused-ring (bicyclic) bond motifs is 1. The summed E-state index contributed by atoms with van der Waals surface area (Å²) in [5.41, 5.74) is 3.54. The largest absolute Gasteiger partial charge is 0.393 e. The molecule has 4 aromatic rings. The maximum atomic E-state index is 13.4. The first-order valence-corrected chi connectivity index (χ1v) is 14.2. The average Bonchev–Trinajstić information content (AvgIpc) is 3.63. The Labute approximate surface area is 227 Å². The fourth-order valence-electron chi connectivity index (χ4n) is 4.97. The number of nitrogens with one attached hydrogen (secondary N) is 1. The number of piperidine rings is 1. The number of hydrogen-bond donors (Lipinski definition) is 2. The fraction of sp³-hybridized carbons (Fsp3) is 0.429. The van der Waals surface area contributed by atoms with Crippen molar-refractivity contribution in [3.8, 4) is 21.8 Å². The smallest absolute Gasteiger partial charge is 0.251 e. The van der Waals surface area contributed by atoms with Crippen molar-refractivity contribution in [1.82, 2.24) is 29.8 Å². The third kappa shape index (κ3) is 5.57. The molecule has 1 aliphatic heterocycles. The number of rotatable bonds is 9. The number of aliphatic hydroxyl groups excluding tert-OH is 1. The van der Waals surface area contributed by atoms with Gasteiger partial charge in [-0.1, -0.05) is 19.9 Å². The van der Waals surface area contributed by atoms with E-state index in [1.165, 1.54) is 0 Å². The summed E-state index contributed by atoms with van der Waals surface area (Å²) in [7, 11) is 0. The Morgan fingerprint density at radius 2 is 1.97 bits per heavy atom. The van der Waals surface area contributed by atoms with Gasteiger partial charge in [0.25, 0.3) is 5.91 Å². The standard InChI is InChI=1S/C28H35N7O2S/c1-4-33(5-2)19(3)17-29-28(37)20-15-24(31-26(16-20)34-11-8-21(36)9-12-34)22-18-30-35-13-10-23(32-27(22)35)25-7-6-14-38-25/h6-7,10,13-16,18-19,21,36H,4-5,8-9,11-12,17H2,1-3H3,(H,29,37)/t19-/m0/s1. The Morgan fingerprint density at radius 3 is 2.68 bits per heavy atom. The van der Waals surface area contributed by atoms with Crippen LogP contribution in [-0.4, -0.2) is 80.4 Å². The lowest BCUT2D eigenvalue weighted by atomic mass is 10.1. The van der Waals surface area contributed by atoms with Crippen LogP contribution in [0.5, 0.6) is 0 Å². The van der Waals surface area contributed by atoms with Crippen molar-refractivity contribution in [3.63, 3.8) is 0 Å². The zero-order chi connectivity index (χ0) is 26.6. The number of carbonyl (C=O) groups excluding carboxylic acids is 1. The number of amides is 1. The van der Waals surface area contributed by atoms with Crippen molar-refractivity contribution in [3.05, 3.63) is 53.7 Å². The van der Waals surface area contributed by atoms with E-state index in [0.29, 0.717) is 49.4 Å². The second kappa shape index (κ2) is 11.6. The van der Waals surface area contributed by atoms with Gasteiger partial charge in [0.05, 0.1) is 34.1 Å². The van der Waals surface area contributed by atoms with E-state index in [1.54, 1.807) is 22.0 Å². The molecule has 1 saturated heterocycles. The molecule has 0 aliphatic carbocycles. The van der Waals surface area contributed by atoms with Crippen LogP contribution in [0.4, 0.5) is 5.82 Å². The Kier molecular flexibility index (Phi) is 8.01. The molecular formula is C28H35N7O2S. The van der Waals surface area contributed by atoms with Gasteiger partial charge in [-0.25, -0.2) is 14.5 Å². The van der Waals surface area contributed by atoms with Crippen LogP contribution in [0, 0.1) is 0 Å². The lowest BCUT2D eigenvalue weighted by Crippen LogP contribution is -2.42. The zero-order valence-electron chi connectivity index (χ0n) is 22.2. The molecule has 0 saturated carbocycles. The van der Waals surface area contributed by atoms with Crippen LogP contribution >= 0.6 is 11.3 Å². The molecule has 5 rings (SSSR count). The molecule has 4 aromatic heterocycles. The van der Waals surface area contributed by atoms with Crippen LogP contribution in [0.2, 0.25) is 0 Å². The van der Waals surface area contributed by atoms with Crippen molar-refractivity contribution in [2.75, 3.05) is 37.6 Å². The number of aliphatic hydroxyl groups is 1. The fourth-order valence-corrected chi connectivity index (χ4v) is 5.67. The van der Waals surface area contributed by atoms with Gasteiger partial charge in [0.2, 0.25) is 0 Å². The molecule has 5 heterocycles. The minimum absolute atomic E-state index is 0.130. The molecule has 1 amide bonds.